The Morgan fingerprint density at radius 2 is 1.55 bits per heavy atom. The second-order valence-corrected chi connectivity index (χ2v) is 7.53. The normalized spacial score (nSPS) is 35.6. The Morgan fingerprint density at radius 3 is 2.14 bits per heavy atom. The highest BCUT2D eigenvalue weighted by molar-refractivity contribution is 5.42. The smallest absolute Gasteiger partial charge is 0.161 e. The zero-order valence-corrected chi connectivity index (χ0v) is 13.7. The third kappa shape index (κ3) is 2.50. The topological polar surface area (TPSA) is 30.5 Å². The summed E-state index contributed by atoms with van der Waals surface area (Å²) < 4.78 is 10.7. The van der Waals surface area contributed by atoms with E-state index in [4.69, 9.17) is 9.47 Å². The van der Waals surface area contributed by atoms with Crippen LogP contribution in [0, 0.1) is 23.7 Å². The van der Waals surface area contributed by atoms with Crippen LogP contribution in [0.2, 0.25) is 0 Å². The van der Waals surface area contributed by atoms with Crippen molar-refractivity contribution >= 4 is 0 Å². The van der Waals surface area contributed by atoms with Crippen LogP contribution in [0.3, 0.4) is 0 Å². The summed E-state index contributed by atoms with van der Waals surface area (Å²) in [5, 5.41) is 3.87. The van der Waals surface area contributed by atoms with Gasteiger partial charge in [-0.2, -0.15) is 0 Å². The number of methoxy groups -OCH3 is 2. The molecule has 5 rings (SSSR count). The molecule has 0 saturated heterocycles. The summed E-state index contributed by atoms with van der Waals surface area (Å²) in [6, 6.07) is 6.99. The Morgan fingerprint density at radius 1 is 0.909 bits per heavy atom. The summed E-state index contributed by atoms with van der Waals surface area (Å²) in [6.45, 7) is 0.938. The maximum absolute atomic E-state index is 5.41. The van der Waals surface area contributed by atoms with E-state index >= 15 is 0 Å². The van der Waals surface area contributed by atoms with Gasteiger partial charge in [-0.15, -0.1) is 0 Å². The van der Waals surface area contributed by atoms with E-state index in [0.717, 1.165) is 47.8 Å². The zero-order chi connectivity index (χ0) is 15.1. The average molecular weight is 301 g/mol. The SMILES string of the molecule is COc1ccc(CNC2C3CC4CC(C3)CC2C4)cc1OC. The van der Waals surface area contributed by atoms with E-state index in [1.165, 1.54) is 37.7 Å². The number of nitrogens with one attached hydrogen (secondary N) is 1. The summed E-state index contributed by atoms with van der Waals surface area (Å²) in [6.07, 6.45) is 7.40. The molecule has 1 N–H and O–H groups in total. The molecule has 4 fully saturated rings. The first kappa shape index (κ1) is 14.4. The third-order valence-corrected chi connectivity index (χ3v) is 6.22. The number of hydrogen-bond acceptors (Lipinski definition) is 3. The van der Waals surface area contributed by atoms with E-state index in [1.54, 1.807) is 14.2 Å². The van der Waals surface area contributed by atoms with Gasteiger partial charge in [-0.3, -0.25) is 0 Å². The van der Waals surface area contributed by atoms with E-state index in [-0.39, 0.29) is 0 Å². The summed E-state index contributed by atoms with van der Waals surface area (Å²) >= 11 is 0. The van der Waals surface area contributed by atoms with Crippen LogP contribution in [0.1, 0.15) is 37.7 Å². The van der Waals surface area contributed by atoms with Gasteiger partial charge in [-0.25, -0.2) is 0 Å². The number of benzene rings is 1. The highest BCUT2D eigenvalue weighted by Crippen LogP contribution is 2.53. The Balaban J connectivity index is 1.42. The number of hydrogen-bond donors (Lipinski definition) is 1. The first-order valence-electron chi connectivity index (χ1n) is 8.71. The Bertz CT molecular complexity index is 514. The molecule has 3 heteroatoms. The molecule has 1 aromatic rings. The van der Waals surface area contributed by atoms with Crippen LogP contribution in [0.15, 0.2) is 18.2 Å². The van der Waals surface area contributed by atoms with Crippen molar-refractivity contribution in [3.05, 3.63) is 23.8 Å². The van der Waals surface area contributed by atoms with E-state index < -0.39 is 0 Å². The fourth-order valence-corrected chi connectivity index (χ4v) is 5.48. The van der Waals surface area contributed by atoms with Crippen molar-refractivity contribution in [2.45, 2.75) is 44.7 Å². The van der Waals surface area contributed by atoms with Crippen molar-refractivity contribution in [3.8, 4) is 11.5 Å². The van der Waals surface area contributed by atoms with Gasteiger partial charge in [0.25, 0.3) is 0 Å². The Labute approximate surface area is 133 Å². The predicted octanol–water partition coefficient (Wildman–Crippen LogP) is 3.62. The number of ether oxygens (including phenoxy) is 2. The minimum absolute atomic E-state index is 0.737. The van der Waals surface area contributed by atoms with Crippen molar-refractivity contribution in [2.24, 2.45) is 23.7 Å². The molecule has 4 bridgehead atoms. The van der Waals surface area contributed by atoms with Crippen LogP contribution in [-0.2, 0) is 6.54 Å². The van der Waals surface area contributed by atoms with Crippen LogP contribution in [-0.4, -0.2) is 20.3 Å². The Kier molecular flexibility index (Phi) is 3.77. The van der Waals surface area contributed by atoms with Crippen LogP contribution in [0.25, 0.3) is 0 Å². The molecule has 4 aliphatic carbocycles. The standard InChI is InChI=1S/C19H27NO2/c1-21-17-4-3-12(10-18(17)22-2)11-20-19-15-6-13-5-14(8-15)9-16(19)7-13/h3-4,10,13-16,19-20H,5-9,11H2,1-2H3. The molecule has 4 saturated carbocycles. The molecule has 0 amide bonds. The molecule has 0 unspecified atom stereocenters. The molecule has 0 aliphatic heterocycles. The summed E-state index contributed by atoms with van der Waals surface area (Å²) in [5.74, 6) is 5.57. The molecule has 22 heavy (non-hydrogen) atoms. The Hall–Kier alpha value is -1.22. The molecule has 0 aromatic heterocycles. The molecule has 0 atom stereocenters. The van der Waals surface area contributed by atoms with Gasteiger partial charge in [0.1, 0.15) is 0 Å². The first-order valence-corrected chi connectivity index (χ1v) is 8.71. The van der Waals surface area contributed by atoms with Gasteiger partial charge in [-0.1, -0.05) is 6.07 Å². The van der Waals surface area contributed by atoms with E-state index in [0.29, 0.717) is 0 Å². The number of rotatable bonds is 5. The van der Waals surface area contributed by atoms with Gasteiger partial charge in [0, 0.05) is 12.6 Å². The maximum Gasteiger partial charge on any atom is 0.161 e. The molecule has 3 nitrogen and oxygen atoms in total. The second-order valence-electron chi connectivity index (χ2n) is 7.53. The van der Waals surface area contributed by atoms with Crippen molar-refractivity contribution in [1.82, 2.24) is 5.32 Å². The molecular formula is C19H27NO2. The van der Waals surface area contributed by atoms with Crippen LogP contribution < -0.4 is 14.8 Å². The van der Waals surface area contributed by atoms with Crippen molar-refractivity contribution in [3.63, 3.8) is 0 Å². The fraction of sp³-hybridized carbons (Fsp3) is 0.684. The van der Waals surface area contributed by atoms with Crippen molar-refractivity contribution in [1.29, 1.82) is 0 Å². The van der Waals surface area contributed by atoms with E-state index in [1.807, 2.05) is 6.07 Å². The maximum atomic E-state index is 5.41. The fourth-order valence-electron chi connectivity index (χ4n) is 5.48. The van der Waals surface area contributed by atoms with Crippen LogP contribution >= 0.6 is 0 Å². The van der Waals surface area contributed by atoms with Gasteiger partial charge < -0.3 is 14.8 Å². The van der Waals surface area contributed by atoms with Crippen LogP contribution in [0.4, 0.5) is 0 Å². The predicted molar refractivity (Wildman–Crippen MR) is 87.2 cm³/mol. The lowest BCUT2D eigenvalue weighted by Crippen LogP contribution is -2.54. The first-order chi connectivity index (χ1) is 10.8. The lowest BCUT2D eigenvalue weighted by molar-refractivity contribution is -0.0142. The lowest BCUT2D eigenvalue weighted by atomic mass is 9.54. The van der Waals surface area contributed by atoms with E-state index in [2.05, 4.69) is 17.4 Å². The lowest BCUT2D eigenvalue weighted by Gasteiger charge is -2.54. The van der Waals surface area contributed by atoms with Gasteiger partial charge in [0.05, 0.1) is 14.2 Å². The molecular weight excluding hydrogens is 274 g/mol. The molecule has 1 aromatic carbocycles. The molecule has 0 radical (unpaired) electrons. The summed E-state index contributed by atoms with van der Waals surface area (Å²) in [4.78, 5) is 0. The third-order valence-electron chi connectivity index (χ3n) is 6.22. The highest BCUT2D eigenvalue weighted by Gasteiger charge is 2.47. The minimum atomic E-state index is 0.737. The average Bonchev–Trinajstić information content (AvgIpc) is 2.53. The highest BCUT2D eigenvalue weighted by atomic mass is 16.5. The summed E-state index contributed by atoms with van der Waals surface area (Å²) in [7, 11) is 3.39. The van der Waals surface area contributed by atoms with Gasteiger partial charge in [0.2, 0.25) is 0 Å². The molecule has 0 spiro atoms. The van der Waals surface area contributed by atoms with Crippen LogP contribution in [0.5, 0.6) is 11.5 Å². The molecule has 120 valence electrons. The zero-order valence-electron chi connectivity index (χ0n) is 13.7. The van der Waals surface area contributed by atoms with Gasteiger partial charge in [-0.05, 0) is 73.5 Å². The van der Waals surface area contributed by atoms with E-state index in [9.17, 15) is 0 Å². The molecule has 4 aliphatic rings. The second kappa shape index (κ2) is 5.77. The van der Waals surface area contributed by atoms with Crippen molar-refractivity contribution in [2.75, 3.05) is 14.2 Å². The largest absolute Gasteiger partial charge is 0.493 e. The quantitative estimate of drug-likeness (QED) is 0.901. The van der Waals surface area contributed by atoms with Gasteiger partial charge in [0.15, 0.2) is 11.5 Å². The monoisotopic (exact) mass is 301 g/mol. The van der Waals surface area contributed by atoms with Crippen molar-refractivity contribution < 1.29 is 9.47 Å². The van der Waals surface area contributed by atoms with Gasteiger partial charge >= 0.3 is 0 Å². The minimum Gasteiger partial charge on any atom is -0.493 e. The molecule has 0 heterocycles. The summed E-state index contributed by atoms with van der Waals surface area (Å²) in [5.41, 5.74) is 1.28.